The van der Waals surface area contributed by atoms with Gasteiger partial charge < -0.3 is 14.8 Å². The van der Waals surface area contributed by atoms with Gasteiger partial charge in [-0.3, -0.25) is 14.2 Å². The number of nitrogens with one attached hydrogen (secondary N) is 1. The molecule has 1 aliphatic rings. The molecular formula is C22H24ClN3O4S2. The second-order valence-corrected chi connectivity index (χ2v) is 9.88. The van der Waals surface area contributed by atoms with Gasteiger partial charge in [0, 0.05) is 17.0 Å². The number of aromatic nitrogens is 2. The topological polar surface area (TPSA) is 82.4 Å². The van der Waals surface area contributed by atoms with Crippen molar-refractivity contribution in [2.45, 2.75) is 37.4 Å². The van der Waals surface area contributed by atoms with Gasteiger partial charge in [0.15, 0.2) is 5.16 Å². The molecule has 1 aliphatic carbocycles. The summed E-state index contributed by atoms with van der Waals surface area (Å²) >= 11 is 8.88. The minimum atomic E-state index is -0.242. The highest BCUT2D eigenvalue weighted by Crippen LogP contribution is 2.35. The van der Waals surface area contributed by atoms with Gasteiger partial charge in [0.05, 0.1) is 37.1 Å². The Kier molecular flexibility index (Phi) is 7.40. The summed E-state index contributed by atoms with van der Waals surface area (Å²) in [7, 11) is 3.13. The van der Waals surface area contributed by atoms with Gasteiger partial charge in [0.25, 0.3) is 5.56 Å². The third kappa shape index (κ3) is 4.80. The molecule has 1 amide bonds. The highest BCUT2D eigenvalue weighted by Gasteiger charge is 2.22. The van der Waals surface area contributed by atoms with Crippen LogP contribution < -0.4 is 15.6 Å². The van der Waals surface area contributed by atoms with Crippen LogP contribution in [0.1, 0.15) is 23.3 Å². The van der Waals surface area contributed by atoms with Crippen molar-refractivity contribution in [3.8, 4) is 5.75 Å². The number of hydrogen-bond donors (Lipinski definition) is 1. The zero-order chi connectivity index (χ0) is 22.7. The molecule has 4 rings (SSSR count). The number of ether oxygens (including phenoxy) is 2. The zero-order valence-corrected chi connectivity index (χ0v) is 20.3. The normalized spacial score (nSPS) is 13.2. The summed E-state index contributed by atoms with van der Waals surface area (Å²) in [6.45, 7) is 0.772. The number of thiophene rings is 1. The van der Waals surface area contributed by atoms with Gasteiger partial charge in [-0.1, -0.05) is 23.4 Å². The lowest BCUT2D eigenvalue weighted by atomic mass is 9.97. The Balaban J connectivity index is 1.60. The van der Waals surface area contributed by atoms with Crippen LogP contribution in [-0.2, 0) is 28.9 Å². The number of nitrogens with zero attached hydrogens (tertiary/aromatic N) is 2. The van der Waals surface area contributed by atoms with Crippen LogP contribution in [0.5, 0.6) is 5.75 Å². The predicted molar refractivity (Wildman–Crippen MR) is 130 cm³/mol. The van der Waals surface area contributed by atoms with Crippen LogP contribution in [0.3, 0.4) is 0 Å². The number of hydrogen-bond acceptors (Lipinski definition) is 7. The Morgan fingerprint density at radius 2 is 2.12 bits per heavy atom. The van der Waals surface area contributed by atoms with E-state index in [1.54, 1.807) is 41.2 Å². The third-order valence-corrected chi connectivity index (χ3v) is 7.72. The van der Waals surface area contributed by atoms with E-state index in [1.807, 2.05) is 0 Å². The molecule has 0 bridgehead atoms. The van der Waals surface area contributed by atoms with E-state index in [1.165, 1.54) is 23.7 Å². The summed E-state index contributed by atoms with van der Waals surface area (Å²) < 4.78 is 12.1. The summed E-state index contributed by atoms with van der Waals surface area (Å²) in [6, 6.07) is 5.03. The Bertz CT molecular complexity index is 1210. The Labute approximate surface area is 199 Å². The molecule has 0 saturated carbocycles. The molecule has 2 aromatic heterocycles. The first-order valence-corrected chi connectivity index (χ1v) is 12.5. The lowest BCUT2D eigenvalue weighted by Crippen LogP contribution is -2.26. The molecule has 170 valence electrons. The minimum Gasteiger partial charge on any atom is -0.495 e. The maximum Gasteiger partial charge on any atom is 0.263 e. The molecule has 10 heteroatoms. The fraction of sp³-hybridized carbons (Fsp3) is 0.409. The Morgan fingerprint density at radius 1 is 1.31 bits per heavy atom. The second kappa shape index (κ2) is 10.2. The lowest BCUT2D eigenvalue weighted by molar-refractivity contribution is -0.113. The molecular weight excluding hydrogens is 470 g/mol. The van der Waals surface area contributed by atoms with Crippen LogP contribution in [0.25, 0.3) is 10.2 Å². The number of anilines is 1. The maximum absolute atomic E-state index is 13.4. The van der Waals surface area contributed by atoms with Gasteiger partial charge in [-0.2, -0.15) is 0 Å². The van der Waals surface area contributed by atoms with Crippen LogP contribution in [0.4, 0.5) is 5.69 Å². The first-order valence-electron chi connectivity index (χ1n) is 10.3. The van der Waals surface area contributed by atoms with Crippen molar-refractivity contribution < 1.29 is 14.3 Å². The van der Waals surface area contributed by atoms with Crippen LogP contribution in [0.15, 0.2) is 28.2 Å². The summed E-state index contributed by atoms with van der Waals surface area (Å²) in [5.41, 5.74) is 1.60. The largest absolute Gasteiger partial charge is 0.495 e. The average Bonchev–Trinajstić information content (AvgIpc) is 3.16. The van der Waals surface area contributed by atoms with Gasteiger partial charge in [0.2, 0.25) is 5.91 Å². The van der Waals surface area contributed by atoms with Crippen LogP contribution in [0, 0.1) is 0 Å². The van der Waals surface area contributed by atoms with Crippen molar-refractivity contribution in [3.63, 3.8) is 0 Å². The molecule has 32 heavy (non-hydrogen) atoms. The van der Waals surface area contributed by atoms with Crippen molar-refractivity contribution in [1.82, 2.24) is 9.55 Å². The first kappa shape index (κ1) is 23.1. The molecule has 0 fully saturated rings. The lowest BCUT2D eigenvalue weighted by Gasteiger charge is -2.14. The fourth-order valence-electron chi connectivity index (χ4n) is 3.80. The van der Waals surface area contributed by atoms with Crippen molar-refractivity contribution in [2.24, 2.45) is 0 Å². The van der Waals surface area contributed by atoms with Crippen molar-refractivity contribution in [1.29, 1.82) is 0 Å². The van der Waals surface area contributed by atoms with E-state index in [-0.39, 0.29) is 17.2 Å². The number of fused-ring (bicyclic) bond motifs is 3. The second-order valence-electron chi connectivity index (χ2n) is 7.42. The SMILES string of the molecule is COCCn1c(SCC(=O)Nc2cc(Cl)ccc2OC)nc2sc3c(c2c1=O)CCCC3. The smallest absolute Gasteiger partial charge is 0.263 e. The first-order chi connectivity index (χ1) is 15.5. The quantitative estimate of drug-likeness (QED) is 0.370. The number of carbonyl (C=O) groups excluding carboxylic acids is 1. The summed E-state index contributed by atoms with van der Waals surface area (Å²) in [4.78, 5) is 32.8. The Morgan fingerprint density at radius 3 is 2.91 bits per heavy atom. The molecule has 0 unspecified atom stereocenters. The van der Waals surface area contributed by atoms with Crippen LogP contribution in [0.2, 0.25) is 5.02 Å². The molecule has 1 aromatic carbocycles. The molecule has 2 heterocycles. The molecule has 0 atom stereocenters. The molecule has 1 N–H and O–H groups in total. The maximum atomic E-state index is 13.4. The van der Waals surface area contributed by atoms with Crippen molar-refractivity contribution in [2.75, 3.05) is 31.9 Å². The number of halogens is 1. The molecule has 0 spiro atoms. The number of amides is 1. The van der Waals surface area contributed by atoms with E-state index in [0.717, 1.165) is 41.5 Å². The zero-order valence-electron chi connectivity index (χ0n) is 17.9. The summed E-state index contributed by atoms with van der Waals surface area (Å²) in [5, 5.41) is 4.57. The number of thioether (sulfide) groups is 1. The number of aryl methyl sites for hydroxylation is 2. The molecule has 0 saturated heterocycles. The van der Waals surface area contributed by atoms with Gasteiger partial charge in [-0.25, -0.2) is 4.98 Å². The molecule has 3 aromatic rings. The summed E-state index contributed by atoms with van der Waals surface area (Å²) in [6.07, 6.45) is 4.17. The Hall–Kier alpha value is -2.07. The molecule has 7 nitrogen and oxygen atoms in total. The minimum absolute atomic E-state index is 0.0501. The molecule has 0 radical (unpaired) electrons. The van der Waals surface area contributed by atoms with Crippen molar-refractivity contribution >= 4 is 56.5 Å². The fourth-order valence-corrected chi connectivity index (χ4v) is 6.10. The summed E-state index contributed by atoms with van der Waals surface area (Å²) in [5.74, 6) is 0.369. The van der Waals surface area contributed by atoms with Gasteiger partial charge in [-0.15, -0.1) is 11.3 Å². The number of rotatable bonds is 8. The predicted octanol–water partition coefficient (Wildman–Crippen LogP) is 4.38. The van der Waals surface area contributed by atoms with Crippen molar-refractivity contribution in [3.05, 3.63) is 44.0 Å². The van der Waals surface area contributed by atoms with E-state index >= 15 is 0 Å². The van der Waals surface area contributed by atoms with E-state index < -0.39 is 0 Å². The van der Waals surface area contributed by atoms with Gasteiger partial charge >= 0.3 is 0 Å². The van der Waals surface area contributed by atoms with Crippen LogP contribution >= 0.6 is 34.7 Å². The highest BCUT2D eigenvalue weighted by atomic mass is 35.5. The van der Waals surface area contributed by atoms with E-state index in [2.05, 4.69) is 5.32 Å². The van der Waals surface area contributed by atoms with E-state index in [9.17, 15) is 9.59 Å². The highest BCUT2D eigenvalue weighted by molar-refractivity contribution is 7.99. The van der Waals surface area contributed by atoms with Gasteiger partial charge in [0.1, 0.15) is 10.6 Å². The standard InChI is InChI=1S/C22H24ClN3O4S2/c1-29-10-9-26-21(28)19-14-5-3-4-6-17(14)32-20(19)25-22(26)31-12-18(27)24-15-11-13(23)7-8-16(15)30-2/h7-8,11H,3-6,9-10,12H2,1-2H3,(H,24,27). The number of benzene rings is 1. The van der Waals surface area contributed by atoms with E-state index in [0.29, 0.717) is 34.8 Å². The molecule has 0 aliphatic heterocycles. The van der Waals surface area contributed by atoms with Crippen LogP contribution in [-0.4, -0.2) is 42.0 Å². The van der Waals surface area contributed by atoms with Gasteiger partial charge in [-0.05, 0) is 49.4 Å². The average molecular weight is 494 g/mol. The number of methoxy groups -OCH3 is 2. The number of carbonyl (C=O) groups is 1. The van der Waals surface area contributed by atoms with E-state index in [4.69, 9.17) is 26.1 Å². The monoisotopic (exact) mass is 493 g/mol. The third-order valence-electron chi connectivity index (χ3n) is 5.33.